The number of aryl methyl sites for hydroxylation is 1. The lowest BCUT2D eigenvalue weighted by Gasteiger charge is -2.28. The number of nitrogens with zero attached hydrogens (tertiary/aromatic N) is 5. The van der Waals surface area contributed by atoms with E-state index in [4.69, 9.17) is 4.98 Å². The van der Waals surface area contributed by atoms with Gasteiger partial charge >= 0.3 is 0 Å². The van der Waals surface area contributed by atoms with Crippen molar-refractivity contribution >= 4 is 10.9 Å². The lowest BCUT2D eigenvalue weighted by Crippen LogP contribution is -2.33. The molecule has 0 N–H and O–H groups in total. The molecule has 0 radical (unpaired) electrons. The van der Waals surface area contributed by atoms with Crippen molar-refractivity contribution in [3.63, 3.8) is 0 Å². The molecule has 2 aromatic heterocycles. The van der Waals surface area contributed by atoms with Crippen molar-refractivity contribution in [3.8, 4) is 0 Å². The second-order valence-corrected chi connectivity index (χ2v) is 8.26. The standard InChI is InChI=1S/C22H27N5O/c1-25-13-16(23-15-25)14-26-12-6-11-20(26)21-24-19-10-5-4-9-18(19)22(28)27(21)17-7-2-3-8-17/h4-5,9-10,13,15,17,20H,2-3,6-8,11-12,14H2,1H3. The molecule has 6 nitrogen and oxygen atoms in total. The molecule has 146 valence electrons. The van der Waals surface area contributed by atoms with Crippen LogP contribution in [0.4, 0.5) is 0 Å². The van der Waals surface area contributed by atoms with Gasteiger partial charge in [-0.2, -0.15) is 0 Å². The molecule has 3 heterocycles. The van der Waals surface area contributed by atoms with E-state index in [0.29, 0.717) is 0 Å². The molecule has 1 atom stereocenters. The molecule has 0 amide bonds. The van der Waals surface area contributed by atoms with Gasteiger partial charge in [0.05, 0.1) is 29.0 Å². The molecule has 1 aliphatic heterocycles. The van der Waals surface area contributed by atoms with Crippen LogP contribution < -0.4 is 5.56 Å². The SMILES string of the molecule is Cn1cnc(CN2CCCC2c2nc3ccccc3c(=O)n2C2CCCC2)c1. The van der Waals surface area contributed by atoms with Crippen molar-refractivity contribution in [2.75, 3.05) is 6.54 Å². The van der Waals surface area contributed by atoms with Gasteiger partial charge in [-0.15, -0.1) is 0 Å². The summed E-state index contributed by atoms with van der Waals surface area (Å²) in [6, 6.07) is 8.26. The van der Waals surface area contributed by atoms with E-state index in [9.17, 15) is 4.79 Å². The van der Waals surface area contributed by atoms with Gasteiger partial charge in [0.2, 0.25) is 0 Å². The fourth-order valence-corrected chi connectivity index (χ4v) is 4.98. The average molecular weight is 377 g/mol. The van der Waals surface area contributed by atoms with Gasteiger partial charge in [-0.05, 0) is 44.4 Å². The van der Waals surface area contributed by atoms with Crippen LogP contribution in [0.3, 0.4) is 0 Å². The molecule has 28 heavy (non-hydrogen) atoms. The predicted octanol–water partition coefficient (Wildman–Crippen LogP) is 3.58. The minimum atomic E-state index is 0.136. The molecule has 3 aromatic rings. The first-order valence-electron chi connectivity index (χ1n) is 10.4. The van der Waals surface area contributed by atoms with Crippen LogP contribution in [0.25, 0.3) is 10.9 Å². The minimum Gasteiger partial charge on any atom is -0.340 e. The molecule has 1 unspecified atom stereocenters. The zero-order valence-electron chi connectivity index (χ0n) is 16.4. The third-order valence-electron chi connectivity index (χ3n) is 6.31. The molecular formula is C22H27N5O. The van der Waals surface area contributed by atoms with Crippen molar-refractivity contribution < 1.29 is 0 Å². The number of benzene rings is 1. The van der Waals surface area contributed by atoms with Crippen molar-refractivity contribution in [3.05, 3.63) is 58.7 Å². The van der Waals surface area contributed by atoms with E-state index in [1.807, 2.05) is 42.2 Å². The Morgan fingerprint density at radius 2 is 1.93 bits per heavy atom. The molecule has 2 aliphatic rings. The summed E-state index contributed by atoms with van der Waals surface area (Å²) in [7, 11) is 2.00. The lowest BCUT2D eigenvalue weighted by molar-refractivity contribution is 0.226. The first-order chi connectivity index (χ1) is 13.7. The Morgan fingerprint density at radius 1 is 1.11 bits per heavy atom. The normalized spacial score (nSPS) is 21.1. The molecule has 6 heteroatoms. The van der Waals surface area contributed by atoms with E-state index in [-0.39, 0.29) is 17.6 Å². The van der Waals surface area contributed by atoms with Crippen molar-refractivity contribution in [1.29, 1.82) is 0 Å². The number of aromatic nitrogens is 4. The Labute approximate surface area is 164 Å². The Morgan fingerprint density at radius 3 is 2.71 bits per heavy atom. The molecule has 5 rings (SSSR count). The minimum absolute atomic E-state index is 0.136. The van der Waals surface area contributed by atoms with Crippen LogP contribution in [-0.4, -0.2) is 30.5 Å². The maximum atomic E-state index is 13.5. The third kappa shape index (κ3) is 3.05. The highest BCUT2D eigenvalue weighted by molar-refractivity contribution is 5.77. The van der Waals surface area contributed by atoms with Crippen LogP contribution in [0.15, 0.2) is 41.6 Å². The highest BCUT2D eigenvalue weighted by Crippen LogP contribution is 2.36. The van der Waals surface area contributed by atoms with Gasteiger partial charge in [-0.1, -0.05) is 25.0 Å². The zero-order chi connectivity index (χ0) is 19.1. The summed E-state index contributed by atoms with van der Waals surface area (Å²) in [6.07, 6.45) is 10.7. The summed E-state index contributed by atoms with van der Waals surface area (Å²) in [5.74, 6) is 0.962. The van der Waals surface area contributed by atoms with Crippen LogP contribution in [0, 0.1) is 0 Å². The topological polar surface area (TPSA) is 56.0 Å². The largest absolute Gasteiger partial charge is 0.340 e. The molecule has 0 bridgehead atoms. The van der Waals surface area contributed by atoms with Gasteiger partial charge in [0.15, 0.2) is 0 Å². The third-order valence-corrected chi connectivity index (χ3v) is 6.31. The first-order valence-corrected chi connectivity index (χ1v) is 10.4. The molecule has 1 saturated carbocycles. The van der Waals surface area contributed by atoms with Gasteiger partial charge in [0, 0.05) is 25.8 Å². The van der Waals surface area contributed by atoms with Crippen LogP contribution in [-0.2, 0) is 13.6 Å². The van der Waals surface area contributed by atoms with E-state index in [0.717, 1.165) is 61.2 Å². The van der Waals surface area contributed by atoms with Crippen LogP contribution in [0.1, 0.15) is 62.1 Å². The maximum absolute atomic E-state index is 13.5. The highest BCUT2D eigenvalue weighted by atomic mass is 16.1. The molecule has 2 fully saturated rings. The zero-order valence-corrected chi connectivity index (χ0v) is 16.4. The number of imidazole rings is 1. The van der Waals surface area contributed by atoms with E-state index >= 15 is 0 Å². The fourth-order valence-electron chi connectivity index (χ4n) is 4.98. The number of hydrogen-bond donors (Lipinski definition) is 0. The molecule has 1 saturated heterocycles. The van der Waals surface area contributed by atoms with Gasteiger partial charge in [0.1, 0.15) is 5.82 Å². The van der Waals surface area contributed by atoms with Crippen molar-refractivity contribution in [2.24, 2.45) is 7.05 Å². The van der Waals surface area contributed by atoms with Crippen LogP contribution in [0.2, 0.25) is 0 Å². The smallest absolute Gasteiger partial charge is 0.261 e. The van der Waals surface area contributed by atoms with Gasteiger partial charge in [0.25, 0.3) is 5.56 Å². The van der Waals surface area contributed by atoms with Crippen LogP contribution in [0.5, 0.6) is 0 Å². The Hall–Kier alpha value is -2.47. The Balaban J connectivity index is 1.60. The summed E-state index contributed by atoms with van der Waals surface area (Å²) >= 11 is 0. The summed E-state index contributed by atoms with van der Waals surface area (Å²) in [5, 5.41) is 0.743. The van der Waals surface area contributed by atoms with E-state index in [1.165, 1.54) is 12.8 Å². The van der Waals surface area contributed by atoms with E-state index in [2.05, 4.69) is 20.6 Å². The summed E-state index contributed by atoms with van der Waals surface area (Å²) in [6.45, 7) is 1.83. The number of fused-ring (bicyclic) bond motifs is 1. The second kappa shape index (κ2) is 7.17. The summed E-state index contributed by atoms with van der Waals surface area (Å²) < 4.78 is 4.04. The Bertz CT molecular complexity index is 1050. The summed E-state index contributed by atoms with van der Waals surface area (Å²) in [5.41, 5.74) is 2.03. The second-order valence-electron chi connectivity index (χ2n) is 8.26. The van der Waals surface area contributed by atoms with Gasteiger partial charge in [-0.3, -0.25) is 14.3 Å². The molecule has 1 aromatic carbocycles. The monoisotopic (exact) mass is 377 g/mol. The average Bonchev–Trinajstić information content (AvgIpc) is 3.45. The molecule has 1 aliphatic carbocycles. The number of hydrogen-bond acceptors (Lipinski definition) is 4. The number of likely N-dealkylation sites (tertiary alicyclic amines) is 1. The van der Waals surface area contributed by atoms with Crippen LogP contribution >= 0.6 is 0 Å². The lowest BCUT2D eigenvalue weighted by atomic mass is 10.1. The highest BCUT2D eigenvalue weighted by Gasteiger charge is 2.33. The number of rotatable bonds is 4. The predicted molar refractivity (Wildman–Crippen MR) is 109 cm³/mol. The maximum Gasteiger partial charge on any atom is 0.261 e. The van der Waals surface area contributed by atoms with E-state index in [1.54, 1.807) is 0 Å². The summed E-state index contributed by atoms with van der Waals surface area (Å²) in [4.78, 5) is 25.5. The Kier molecular flexibility index (Phi) is 4.51. The van der Waals surface area contributed by atoms with Gasteiger partial charge < -0.3 is 4.57 Å². The molecular weight excluding hydrogens is 350 g/mol. The van der Waals surface area contributed by atoms with Crippen molar-refractivity contribution in [2.45, 2.75) is 57.2 Å². The van der Waals surface area contributed by atoms with Gasteiger partial charge in [-0.25, -0.2) is 9.97 Å². The number of para-hydroxylation sites is 1. The quantitative estimate of drug-likeness (QED) is 0.697. The van der Waals surface area contributed by atoms with Crippen molar-refractivity contribution in [1.82, 2.24) is 24.0 Å². The molecule has 0 spiro atoms. The first kappa shape index (κ1) is 17.6. The van der Waals surface area contributed by atoms with E-state index < -0.39 is 0 Å². The fraction of sp³-hybridized carbons (Fsp3) is 0.500.